The fraction of sp³-hybridized carbons (Fsp3) is 0.417. The first-order valence-corrected chi connectivity index (χ1v) is 10.6. The van der Waals surface area contributed by atoms with Gasteiger partial charge in [-0.2, -0.15) is 0 Å². The van der Waals surface area contributed by atoms with Gasteiger partial charge in [-0.05, 0) is 56.0 Å². The van der Waals surface area contributed by atoms with E-state index in [1.165, 1.54) is 12.1 Å². The maximum atomic E-state index is 13.9. The number of hydrogen-bond acceptors (Lipinski definition) is 4. The van der Waals surface area contributed by atoms with E-state index in [2.05, 4.69) is 5.32 Å². The molecule has 2 amide bonds. The molecule has 0 aliphatic carbocycles. The molecule has 1 fully saturated rings. The number of carbonyl (C=O) groups is 2. The Hall–Kier alpha value is -3.09. The van der Waals surface area contributed by atoms with E-state index in [4.69, 9.17) is 9.47 Å². The molecule has 0 bridgehead atoms. The molecule has 1 aliphatic heterocycles. The number of benzene rings is 2. The molecule has 1 N–H and O–H groups in total. The number of nitrogens with one attached hydrogen (secondary N) is 1. The Labute approximate surface area is 182 Å². The first-order valence-electron chi connectivity index (χ1n) is 10.6. The van der Waals surface area contributed by atoms with Gasteiger partial charge < -0.3 is 19.7 Å². The van der Waals surface area contributed by atoms with Crippen LogP contribution in [0, 0.1) is 5.82 Å². The van der Waals surface area contributed by atoms with Gasteiger partial charge >= 0.3 is 0 Å². The summed E-state index contributed by atoms with van der Waals surface area (Å²) in [5, 5.41) is 3.05. The number of amides is 2. The molecule has 0 unspecified atom stereocenters. The molecule has 3 rings (SSSR count). The zero-order valence-electron chi connectivity index (χ0n) is 18.0. The zero-order valence-corrected chi connectivity index (χ0v) is 18.0. The first kappa shape index (κ1) is 22.6. The summed E-state index contributed by atoms with van der Waals surface area (Å²) >= 11 is 0. The molecule has 166 valence electrons. The van der Waals surface area contributed by atoms with E-state index in [-0.39, 0.29) is 23.4 Å². The average molecular weight is 429 g/mol. The van der Waals surface area contributed by atoms with E-state index in [9.17, 15) is 14.0 Å². The summed E-state index contributed by atoms with van der Waals surface area (Å²) in [5.41, 5.74) is 1.09. The molecular weight excluding hydrogens is 399 g/mol. The van der Waals surface area contributed by atoms with Gasteiger partial charge in [0.1, 0.15) is 5.82 Å². The summed E-state index contributed by atoms with van der Waals surface area (Å²) in [4.78, 5) is 26.5. The maximum absolute atomic E-state index is 13.9. The van der Waals surface area contributed by atoms with Gasteiger partial charge in [0.2, 0.25) is 5.91 Å². The highest BCUT2D eigenvalue weighted by atomic mass is 19.1. The lowest BCUT2D eigenvalue weighted by molar-refractivity contribution is -0.122. The molecule has 7 heteroatoms. The maximum Gasteiger partial charge on any atom is 0.256 e. The highest BCUT2D eigenvalue weighted by molar-refractivity contribution is 5.94. The number of likely N-dealkylation sites (tertiary alicyclic amines) is 1. The van der Waals surface area contributed by atoms with Crippen molar-refractivity contribution < 1.29 is 23.5 Å². The molecular formula is C24H29FN2O4. The highest BCUT2D eigenvalue weighted by Crippen LogP contribution is 2.28. The predicted molar refractivity (Wildman–Crippen MR) is 116 cm³/mol. The third-order valence-corrected chi connectivity index (χ3v) is 5.42. The molecule has 0 spiro atoms. The smallest absolute Gasteiger partial charge is 0.256 e. The van der Waals surface area contributed by atoms with Crippen molar-refractivity contribution in [2.75, 3.05) is 26.8 Å². The number of hydrogen-bond donors (Lipinski definition) is 1. The van der Waals surface area contributed by atoms with Gasteiger partial charge in [-0.1, -0.05) is 18.2 Å². The summed E-state index contributed by atoms with van der Waals surface area (Å²) in [6, 6.07) is 11.7. The number of nitrogens with zero attached hydrogens (tertiary/aromatic N) is 1. The first-order chi connectivity index (χ1) is 15.0. The summed E-state index contributed by atoms with van der Waals surface area (Å²) in [6.07, 6.45) is 2.27. The topological polar surface area (TPSA) is 67.9 Å². The van der Waals surface area contributed by atoms with Gasteiger partial charge in [-0.3, -0.25) is 9.59 Å². The van der Waals surface area contributed by atoms with Crippen LogP contribution in [0.3, 0.4) is 0 Å². The van der Waals surface area contributed by atoms with Crippen LogP contribution in [0.4, 0.5) is 4.39 Å². The van der Waals surface area contributed by atoms with Crippen LogP contribution < -0.4 is 14.8 Å². The van der Waals surface area contributed by atoms with E-state index in [1.807, 2.05) is 25.1 Å². The number of rotatable bonds is 8. The quantitative estimate of drug-likeness (QED) is 0.698. The Bertz CT molecular complexity index is 910. The second-order valence-corrected chi connectivity index (χ2v) is 7.53. The van der Waals surface area contributed by atoms with Gasteiger partial charge in [0.05, 0.1) is 19.3 Å². The Morgan fingerprint density at radius 1 is 1.13 bits per heavy atom. The second-order valence-electron chi connectivity index (χ2n) is 7.53. The molecule has 0 atom stereocenters. The van der Waals surface area contributed by atoms with Crippen LogP contribution in [0.1, 0.15) is 42.1 Å². The molecule has 2 aromatic carbocycles. The number of ether oxygens (including phenoxy) is 2. The van der Waals surface area contributed by atoms with Crippen molar-refractivity contribution in [2.45, 2.75) is 38.6 Å². The van der Waals surface area contributed by atoms with Crippen molar-refractivity contribution in [3.8, 4) is 11.5 Å². The van der Waals surface area contributed by atoms with Crippen molar-refractivity contribution in [1.82, 2.24) is 10.2 Å². The second kappa shape index (κ2) is 10.8. The standard InChI is InChI=1S/C24H29FN2O4/c1-3-31-21-10-8-17(16-22(21)30-2)9-11-23(28)26-18-12-14-27(15-13-18)24(29)19-6-4-5-7-20(19)25/h4-8,10,16,18H,3,9,11-15H2,1-2H3,(H,26,28). The minimum absolute atomic E-state index is 0.0204. The van der Waals surface area contributed by atoms with Crippen LogP contribution in [0.2, 0.25) is 0 Å². The minimum Gasteiger partial charge on any atom is -0.493 e. The number of methoxy groups -OCH3 is 1. The molecule has 2 aromatic rings. The van der Waals surface area contributed by atoms with Crippen LogP contribution >= 0.6 is 0 Å². The van der Waals surface area contributed by atoms with Crippen LogP contribution in [-0.4, -0.2) is 49.6 Å². The molecule has 1 aliphatic rings. The Morgan fingerprint density at radius 2 is 1.87 bits per heavy atom. The minimum atomic E-state index is -0.506. The predicted octanol–water partition coefficient (Wildman–Crippen LogP) is 3.59. The third-order valence-electron chi connectivity index (χ3n) is 5.42. The Kier molecular flexibility index (Phi) is 7.87. The number of aryl methyl sites for hydroxylation is 1. The zero-order chi connectivity index (χ0) is 22.2. The number of halogens is 1. The summed E-state index contributed by atoms with van der Waals surface area (Å²) < 4.78 is 24.7. The molecule has 31 heavy (non-hydrogen) atoms. The van der Waals surface area contributed by atoms with Crippen LogP contribution in [0.25, 0.3) is 0 Å². The van der Waals surface area contributed by atoms with Gasteiger partial charge in [0.25, 0.3) is 5.91 Å². The van der Waals surface area contributed by atoms with Crippen LogP contribution in [0.15, 0.2) is 42.5 Å². The number of piperidine rings is 1. The van der Waals surface area contributed by atoms with Crippen molar-refractivity contribution in [3.63, 3.8) is 0 Å². The largest absolute Gasteiger partial charge is 0.493 e. The van der Waals surface area contributed by atoms with Crippen molar-refractivity contribution in [1.29, 1.82) is 0 Å². The molecule has 0 radical (unpaired) electrons. The third kappa shape index (κ3) is 5.96. The van der Waals surface area contributed by atoms with Gasteiger partial charge in [-0.15, -0.1) is 0 Å². The van der Waals surface area contributed by atoms with E-state index in [0.29, 0.717) is 56.9 Å². The van der Waals surface area contributed by atoms with E-state index < -0.39 is 5.82 Å². The monoisotopic (exact) mass is 428 g/mol. The van der Waals surface area contributed by atoms with Gasteiger partial charge in [0, 0.05) is 25.6 Å². The summed E-state index contributed by atoms with van der Waals surface area (Å²) in [7, 11) is 1.59. The Morgan fingerprint density at radius 3 is 2.55 bits per heavy atom. The Balaban J connectivity index is 1.45. The normalized spacial score (nSPS) is 14.2. The molecule has 6 nitrogen and oxygen atoms in total. The van der Waals surface area contributed by atoms with Crippen molar-refractivity contribution in [2.24, 2.45) is 0 Å². The van der Waals surface area contributed by atoms with E-state index >= 15 is 0 Å². The van der Waals surface area contributed by atoms with Crippen molar-refractivity contribution >= 4 is 11.8 Å². The number of carbonyl (C=O) groups excluding carboxylic acids is 2. The molecule has 0 saturated carbocycles. The highest BCUT2D eigenvalue weighted by Gasteiger charge is 2.25. The van der Waals surface area contributed by atoms with E-state index in [0.717, 1.165) is 5.56 Å². The average Bonchev–Trinajstić information content (AvgIpc) is 2.79. The fourth-order valence-corrected chi connectivity index (χ4v) is 3.73. The SMILES string of the molecule is CCOc1ccc(CCC(=O)NC2CCN(C(=O)c3ccccc3F)CC2)cc1OC. The summed E-state index contributed by atoms with van der Waals surface area (Å²) in [5.74, 6) is 0.523. The lowest BCUT2D eigenvalue weighted by Crippen LogP contribution is -2.46. The van der Waals surface area contributed by atoms with E-state index in [1.54, 1.807) is 24.1 Å². The van der Waals surface area contributed by atoms with Crippen LogP contribution in [0.5, 0.6) is 11.5 Å². The van der Waals surface area contributed by atoms with Crippen LogP contribution in [-0.2, 0) is 11.2 Å². The van der Waals surface area contributed by atoms with Gasteiger partial charge in [-0.25, -0.2) is 4.39 Å². The van der Waals surface area contributed by atoms with Crippen molar-refractivity contribution in [3.05, 3.63) is 59.4 Å². The van der Waals surface area contributed by atoms with Gasteiger partial charge in [0.15, 0.2) is 11.5 Å². The molecule has 1 saturated heterocycles. The molecule has 0 aromatic heterocycles. The fourth-order valence-electron chi connectivity index (χ4n) is 3.73. The lowest BCUT2D eigenvalue weighted by Gasteiger charge is -2.32. The summed E-state index contributed by atoms with van der Waals surface area (Å²) in [6.45, 7) is 3.46. The molecule has 1 heterocycles. The lowest BCUT2D eigenvalue weighted by atomic mass is 10.0.